The highest BCUT2D eigenvalue weighted by atomic mass is 19.1. The summed E-state index contributed by atoms with van der Waals surface area (Å²) in [5, 5.41) is 1.86. The van der Waals surface area contributed by atoms with Crippen molar-refractivity contribution < 1.29 is 4.39 Å². The van der Waals surface area contributed by atoms with E-state index >= 15 is 0 Å². The molecule has 1 spiro atoms. The Balaban J connectivity index is 1.82. The zero-order chi connectivity index (χ0) is 10.3. The Hall–Kier alpha value is -1.16. The molecule has 0 unspecified atom stereocenters. The Kier molecular flexibility index (Phi) is 1.92. The Morgan fingerprint density at radius 3 is 2.93 bits per heavy atom. The first-order valence-electron chi connectivity index (χ1n) is 5.41. The highest BCUT2D eigenvalue weighted by molar-refractivity contribution is 5.40. The Bertz CT molecular complexity index is 376. The van der Waals surface area contributed by atoms with Crippen LogP contribution in [0, 0.1) is 11.2 Å². The number of nitrogens with one attached hydrogen (secondary N) is 1. The maximum absolute atomic E-state index is 13.5. The number of pyridine rings is 1. The van der Waals surface area contributed by atoms with Crippen molar-refractivity contribution in [2.75, 3.05) is 18.1 Å². The molecule has 1 aromatic rings. The van der Waals surface area contributed by atoms with Gasteiger partial charge in [0.25, 0.3) is 0 Å². The van der Waals surface area contributed by atoms with Crippen LogP contribution in [-0.2, 0) is 0 Å². The van der Waals surface area contributed by atoms with Gasteiger partial charge in [-0.1, -0.05) is 6.42 Å². The van der Waals surface area contributed by atoms with Crippen molar-refractivity contribution in [1.29, 1.82) is 0 Å². The second-order valence-corrected chi connectivity index (χ2v) is 4.58. The van der Waals surface area contributed by atoms with E-state index in [9.17, 15) is 4.39 Å². The van der Waals surface area contributed by atoms with Crippen molar-refractivity contribution in [3.05, 3.63) is 24.1 Å². The molecule has 0 bridgehead atoms. The molecule has 1 saturated carbocycles. The molecule has 2 fully saturated rings. The second kappa shape index (κ2) is 3.17. The topological polar surface area (TPSA) is 28.2 Å². The van der Waals surface area contributed by atoms with E-state index in [2.05, 4.69) is 10.4 Å². The molecule has 1 aromatic heterocycles. The monoisotopic (exact) mass is 207 g/mol. The van der Waals surface area contributed by atoms with Crippen molar-refractivity contribution in [2.45, 2.75) is 19.3 Å². The van der Waals surface area contributed by atoms with Gasteiger partial charge < -0.3 is 0 Å². The van der Waals surface area contributed by atoms with Crippen molar-refractivity contribution in [3.8, 4) is 0 Å². The third-order valence-electron chi connectivity index (χ3n) is 3.55. The highest BCUT2D eigenvalue weighted by Gasteiger charge is 2.43. The van der Waals surface area contributed by atoms with Crippen LogP contribution in [0.2, 0.25) is 0 Å². The zero-order valence-corrected chi connectivity index (χ0v) is 8.54. The fourth-order valence-electron chi connectivity index (χ4n) is 2.45. The van der Waals surface area contributed by atoms with E-state index in [0.29, 0.717) is 11.2 Å². The number of hydrazine groups is 1. The largest absolute Gasteiger partial charge is 0.289 e. The van der Waals surface area contributed by atoms with E-state index in [0.717, 1.165) is 13.1 Å². The van der Waals surface area contributed by atoms with Gasteiger partial charge >= 0.3 is 0 Å². The third-order valence-corrected chi connectivity index (χ3v) is 3.55. The number of rotatable bonds is 1. The van der Waals surface area contributed by atoms with Crippen molar-refractivity contribution in [1.82, 2.24) is 10.4 Å². The lowest BCUT2D eigenvalue weighted by atomic mass is 9.69. The van der Waals surface area contributed by atoms with E-state index in [1.54, 1.807) is 12.3 Å². The van der Waals surface area contributed by atoms with Crippen LogP contribution in [0.3, 0.4) is 0 Å². The molecule has 0 atom stereocenters. The normalized spacial score (nSPS) is 23.1. The van der Waals surface area contributed by atoms with Gasteiger partial charge in [-0.15, -0.1) is 0 Å². The molecule has 1 N–H and O–H groups in total. The van der Waals surface area contributed by atoms with E-state index in [4.69, 9.17) is 0 Å². The Labute approximate surface area is 88.3 Å². The molecular formula is C11H14FN3. The van der Waals surface area contributed by atoms with Crippen LogP contribution in [0.5, 0.6) is 0 Å². The molecule has 2 heterocycles. The Morgan fingerprint density at radius 1 is 1.47 bits per heavy atom. The molecule has 0 radical (unpaired) electrons. The lowest BCUT2D eigenvalue weighted by molar-refractivity contribution is 0.180. The van der Waals surface area contributed by atoms with Gasteiger partial charge in [-0.05, 0) is 25.0 Å². The molecule has 4 heteroatoms. The Morgan fingerprint density at radius 2 is 2.33 bits per heavy atom. The summed E-state index contributed by atoms with van der Waals surface area (Å²) in [7, 11) is 0. The van der Waals surface area contributed by atoms with Gasteiger partial charge in [0.05, 0.1) is 0 Å². The van der Waals surface area contributed by atoms with Crippen LogP contribution in [-0.4, -0.2) is 18.1 Å². The molecule has 0 amide bonds. The van der Waals surface area contributed by atoms with Crippen LogP contribution < -0.4 is 10.4 Å². The number of hydrogen-bond acceptors (Lipinski definition) is 3. The van der Waals surface area contributed by atoms with Crippen LogP contribution >= 0.6 is 0 Å². The summed E-state index contributed by atoms with van der Waals surface area (Å²) < 4.78 is 13.5. The number of nitrogens with zero attached hydrogens (tertiary/aromatic N) is 2. The smallest absolute Gasteiger partial charge is 0.179 e. The summed E-state index contributed by atoms with van der Waals surface area (Å²) in [6.07, 6.45) is 5.45. The minimum absolute atomic E-state index is 0.249. The molecular weight excluding hydrogens is 193 g/mol. The third kappa shape index (κ3) is 1.40. The standard InChI is InChI=1S/C11H14FN3/c12-9-3-1-6-13-10(9)15-8-11(7-14-15)4-2-5-11/h1,3,6,14H,2,4-5,7-8H2. The van der Waals surface area contributed by atoms with Crippen LogP contribution in [0.1, 0.15) is 19.3 Å². The van der Waals surface area contributed by atoms with Gasteiger partial charge in [-0.25, -0.2) is 14.8 Å². The SMILES string of the molecule is Fc1cccnc1N1CC2(CCC2)CN1. The zero-order valence-electron chi connectivity index (χ0n) is 8.54. The molecule has 15 heavy (non-hydrogen) atoms. The average molecular weight is 207 g/mol. The van der Waals surface area contributed by atoms with E-state index in [1.165, 1.54) is 25.3 Å². The second-order valence-electron chi connectivity index (χ2n) is 4.58. The van der Waals surface area contributed by atoms with Gasteiger partial charge in [-0.3, -0.25) is 5.01 Å². The highest BCUT2D eigenvalue weighted by Crippen LogP contribution is 2.44. The quantitative estimate of drug-likeness (QED) is 0.760. The van der Waals surface area contributed by atoms with Crippen molar-refractivity contribution >= 4 is 5.82 Å². The van der Waals surface area contributed by atoms with Gasteiger partial charge in [0, 0.05) is 24.7 Å². The minimum Gasteiger partial charge on any atom is -0.289 e. The molecule has 80 valence electrons. The summed E-state index contributed by atoms with van der Waals surface area (Å²) in [5.41, 5.74) is 3.63. The number of aromatic nitrogens is 1. The summed E-state index contributed by atoms with van der Waals surface area (Å²) in [5.74, 6) is 0.183. The molecule has 1 aliphatic heterocycles. The average Bonchev–Trinajstić information content (AvgIpc) is 2.63. The first-order chi connectivity index (χ1) is 7.29. The summed E-state index contributed by atoms with van der Waals surface area (Å²) in [6.45, 7) is 1.85. The number of anilines is 1. The molecule has 1 saturated heterocycles. The maximum atomic E-state index is 13.5. The van der Waals surface area contributed by atoms with Gasteiger partial charge in [0.15, 0.2) is 11.6 Å². The van der Waals surface area contributed by atoms with Gasteiger partial charge in [0.1, 0.15) is 0 Å². The van der Waals surface area contributed by atoms with Crippen molar-refractivity contribution in [2.24, 2.45) is 5.41 Å². The van der Waals surface area contributed by atoms with Crippen LogP contribution in [0.4, 0.5) is 10.2 Å². The number of hydrogen-bond donors (Lipinski definition) is 1. The van der Waals surface area contributed by atoms with E-state index in [-0.39, 0.29) is 5.82 Å². The van der Waals surface area contributed by atoms with E-state index < -0.39 is 0 Å². The first kappa shape index (κ1) is 9.09. The van der Waals surface area contributed by atoms with Crippen molar-refractivity contribution in [3.63, 3.8) is 0 Å². The van der Waals surface area contributed by atoms with Crippen LogP contribution in [0.15, 0.2) is 18.3 Å². The predicted molar refractivity (Wildman–Crippen MR) is 55.8 cm³/mol. The summed E-state index contributed by atoms with van der Waals surface area (Å²) in [6, 6.07) is 3.07. The lowest BCUT2D eigenvalue weighted by Gasteiger charge is -2.36. The predicted octanol–water partition coefficient (Wildman–Crippen LogP) is 1.72. The first-order valence-corrected chi connectivity index (χ1v) is 5.41. The fourth-order valence-corrected chi connectivity index (χ4v) is 2.45. The fraction of sp³-hybridized carbons (Fsp3) is 0.545. The molecule has 1 aliphatic carbocycles. The molecule has 2 aliphatic rings. The number of halogens is 1. The summed E-state index contributed by atoms with van der Waals surface area (Å²) in [4.78, 5) is 4.07. The van der Waals surface area contributed by atoms with E-state index in [1.807, 2.05) is 5.01 Å². The van der Waals surface area contributed by atoms with Gasteiger partial charge in [0.2, 0.25) is 0 Å². The maximum Gasteiger partial charge on any atom is 0.179 e. The summed E-state index contributed by atoms with van der Waals surface area (Å²) >= 11 is 0. The minimum atomic E-state index is -0.249. The molecule has 3 nitrogen and oxygen atoms in total. The van der Waals surface area contributed by atoms with Crippen LogP contribution in [0.25, 0.3) is 0 Å². The van der Waals surface area contributed by atoms with Gasteiger partial charge in [-0.2, -0.15) is 0 Å². The molecule has 3 rings (SSSR count). The molecule has 0 aromatic carbocycles. The lowest BCUT2D eigenvalue weighted by Crippen LogP contribution is -2.35.